The number of esters is 1. The molecule has 0 radical (unpaired) electrons. The fourth-order valence-electron chi connectivity index (χ4n) is 2.95. The minimum absolute atomic E-state index is 0.329. The second kappa shape index (κ2) is 9.49. The highest BCUT2D eigenvalue weighted by Gasteiger charge is 2.39. The molecule has 1 rings (SSSR count). The number of benzene rings is 1. The molecule has 4 N–H and O–H groups in total. The van der Waals surface area contributed by atoms with Crippen LogP contribution in [0.25, 0.3) is 0 Å². The van der Waals surface area contributed by atoms with Crippen molar-refractivity contribution in [2.24, 2.45) is 5.92 Å². The van der Waals surface area contributed by atoms with Crippen LogP contribution in [0.5, 0.6) is 11.5 Å². The van der Waals surface area contributed by atoms with Gasteiger partial charge in [-0.3, -0.25) is 4.79 Å². The van der Waals surface area contributed by atoms with Crippen molar-refractivity contribution in [2.75, 3.05) is 0 Å². The maximum absolute atomic E-state index is 12.2. The van der Waals surface area contributed by atoms with Crippen molar-refractivity contribution in [2.45, 2.75) is 65.2 Å². The third-order valence-corrected chi connectivity index (χ3v) is 4.34. The van der Waals surface area contributed by atoms with Gasteiger partial charge in [-0.2, -0.15) is 0 Å². The molecule has 0 bridgehead atoms. The molecule has 9 heteroatoms. The molecule has 4 atom stereocenters. The number of aliphatic carboxylic acids is 1. The number of ether oxygens (including phenoxy) is 2. The first-order valence-electron chi connectivity index (χ1n) is 9.14. The highest BCUT2D eigenvalue weighted by Crippen LogP contribution is 2.36. The molecular weight excluding hydrogens is 382 g/mol. The van der Waals surface area contributed by atoms with Crippen LogP contribution in [-0.2, 0) is 19.1 Å². The van der Waals surface area contributed by atoms with Crippen LogP contribution in [-0.4, -0.2) is 51.1 Å². The van der Waals surface area contributed by atoms with Crippen molar-refractivity contribution in [3.05, 3.63) is 23.8 Å². The second-order valence-electron chi connectivity index (χ2n) is 7.91. The molecule has 0 aliphatic heterocycles. The number of amides is 1. The number of aromatic hydroxyl groups is 2. The third-order valence-electron chi connectivity index (χ3n) is 4.34. The standard InChI is InChI=1S/C20H29NO8/c1-10(11(2)28-12(3)22)16(13-7-8-14(23)15(24)9-13)17(18(25)26)21-19(27)29-20(4,5)6/h7-11,16-17,23-24H,1-6H3,(H,21,27)(H,25,26)/t10?,11?,16?,17-/m1/s1. The number of hydrogen-bond donors (Lipinski definition) is 4. The lowest BCUT2D eigenvalue weighted by Crippen LogP contribution is -2.49. The Hall–Kier alpha value is -2.97. The number of phenols is 2. The molecule has 0 fully saturated rings. The van der Waals surface area contributed by atoms with Gasteiger partial charge in [0, 0.05) is 18.8 Å². The van der Waals surface area contributed by atoms with Crippen LogP contribution in [0.4, 0.5) is 4.79 Å². The molecule has 0 heterocycles. The summed E-state index contributed by atoms with van der Waals surface area (Å²) in [6.45, 7) is 9.43. The zero-order valence-corrected chi connectivity index (χ0v) is 17.4. The van der Waals surface area contributed by atoms with Gasteiger partial charge in [0.05, 0.1) is 0 Å². The summed E-state index contributed by atoms with van der Waals surface area (Å²) in [5, 5.41) is 31.6. The summed E-state index contributed by atoms with van der Waals surface area (Å²) in [6.07, 6.45) is -1.62. The zero-order chi connectivity index (χ0) is 22.5. The van der Waals surface area contributed by atoms with Gasteiger partial charge in [-0.25, -0.2) is 9.59 Å². The monoisotopic (exact) mass is 411 g/mol. The van der Waals surface area contributed by atoms with Gasteiger partial charge in [-0.05, 0) is 45.4 Å². The van der Waals surface area contributed by atoms with Gasteiger partial charge >= 0.3 is 18.0 Å². The maximum Gasteiger partial charge on any atom is 0.408 e. The van der Waals surface area contributed by atoms with Crippen molar-refractivity contribution in [1.82, 2.24) is 5.32 Å². The molecule has 0 aliphatic carbocycles. The minimum atomic E-state index is -1.46. The molecule has 0 aromatic heterocycles. The van der Waals surface area contributed by atoms with Crippen LogP contribution in [0.15, 0.2) is 18.2 Å². The summed E-state index contributed by atoms with van der Waals surface area (Å²) >= 11 is 0. The summed E-state index contributed by atoms with van der Waals surface area (Å²) in [6, 6.07) is 2.40. The third kappa shape index (κ3) is 7.17. The molecule has 1 aromatic carbocycles. The molecule has 0 aliphatic rings. The number of phenolic OH excluding ortho intramolecular Hbond substituents is 2. The largest absolute Gasteiger partial charge is 0.504 e. The number of rotatable bonds is 7. The van der Waals surface area contributed by atoms with Crippen LogP contribution in [0.2, 0.25) is 0 Å². The SMILES string of the molecule is CC(=O)OC(C)C(C)C(c1ccc(O)c(O)c1)[C@@H](NC(=O)OC(C)(C)C)C(=O)O. The van der Waals surface area contributed by atoms with Crippen LogP contribution in [0, 0.1) is 5.92 Å². The molecule has 162 valence electrons. The van der Waals surface area contributed by atoms with E-state index in [9.17, 15) is 29.7 Å². The van der Waals surface area contributed by atoms with Crippen molar-refractivity contribution in [3.63, 3.8) is 0 Å². The Morgan fingerprint density at radius 2 is 1.66 bits per heavy atom. The first-order valence-corrected chi connectivity index (χ1v) is 9.14. The van der Waals surface area contributed by atoms with Gasteiger partial charge in [-0.1, -0.05) is 13.0 Å². The predicted octanol–water partition coefficient (Wildman–Crippen LogP) is 2.75. The van der Waals surface area contributed by atoms with Crippen LogP contribution in [0.3, 0.4) is 0 Å². The quantitative estimate of drug-likeness (QED) is 0.396. The first kappa shape index (κ1) is 24.1. The fourth-order valence-corrected chi connectivity index (χ4v) is 2.95. The van der Waals surface area contributed by atoms with Gasteiger partial charge in [0.25, 0.3) is 0 Å². The van der Waals surface area contributed by atoms with Crippen LogP contribution >= 0.6 is 0 Å². The lowest BCUT2D eigenvalue weighted by Gasteiger charge is -2.33. The average Bonchev–Trinajstić information content (AvgIpc) is 2.54. The number of carbonyl (C=O) groups is 3. The minimum Gasteiger partial charge on any atom is -0.504 e. The Kier molecular flexibility index (Phi) is 7.87. The molecule has 29 heavy (non-hydrogen) atoms. The van der Waals surface area contributed by atoms with Gasteiger partial charge in [0.15, 0.2) is 11.5 Å². The number of nitrogens with one attached hydrogen (secondary N) is 1. The summed E-state index contributed by atoms with van der Waals surface area (Å²) in [7, 11) is 0. The molecule has 3 unspecified atom stereocenters. The number of carboxylic acid groups (broad SMARTS) is 1. The highest BCUT2D eigenvalue weighted by atomic mass is 16.6. The summed E-state index contributed by atoms with van der Waals surface area (Å²) in [5.41, 5.74) is -0.508. The fraction of sp³-hybridized carbons (Fsp3) is 0.550. The number of carboxylic acids is 1. The molecule has 0 saturated carbocycles. The van der Waals surface area contributed by atoms with E-state index >= 15 is 0 Å². The Labute approximate surface area is 169 Å². The smallest absolute Gasteiger partial charge is 0.408 e. The molecule has 0 spiro atoms. The van der Waals surface area contributed by atoms with Gasteiger partial charge < -0.3 is 30.1 Å². The van der Waals surface area contributed by atoms with Gasteiger partial charge in [-0.15, -0.1) is 0 Å². The van der Waals surface area contributed by atoms with E-state index in [2.05, 4.69) is 5.32 Å². The Balaban J connectivity index is 3.37. The van der Waals surface area contributed by atoms with Crippen molar-refractivity contribution >= 4 is 18.0 Å². The van der Waals surface area contributed by atoms with E-state index in [1.165, 1.54) is 25.1 Å². The zero-order valence-electron chi connectivity index (χ0n) is 17.4. The number of carbonyl (C=O) groups excluding carboxylic acids is 2. The van der Waals surface area contributed by atoms with E-state index in [4.69, 9.17) is 9.47 Å². The molecule has 9 nitrogen and oxygen atoms in total. The molecule has 1 amide bonds. The van der Waals surface area contributed by atoms with Crippen LogP contribution in [0.1, 0.15) is 53.0 Å². The summed E-state index contributed by atoms with van der Waals surface area (Å²) in [5.74, 6) is -4.19. The Morgan fingerprint density at radius 3 is 2.10 bits per heavy atom. The first-order chi connectivity index (χ1) is 13.2. The molecule has 0 saturated heterocycles. The van der Waals surface area contributed by atoms with E-state index in [-0.39, 0.29) is 5.75 Å². The van der Waals surface area contributed by atoms with Gasteiger partial charge in [0.2, 0.25) is 0 Å². The predicted molar refractivity (Wildman–Crippen MR) is 104 cm³/mol. The molecule has 1 aromatic rings. The Bertz CT molecular complexity index is 755. The topological polar surface area (TPSA) is 142 Å². The summed E-state index contributed by atoms with van der Waals surface area (Å²) in [4.78, 5) is 35.6. The lowest BCUT2D eigenvalue weighted by molar-refractivity contribution is -0.148. The van der Waals surface area contributed by atoms with Crippen molar-refractivity contribution in [3.8, 4) is 11.5 Å². The van der Waals surface area contributed by atoms with E-state index < -0.39 is 53.4 Å². The maximum atomic E-state index is 12.2. The summed E-state index contributed by atoms with van der Waals surface area (Å²) < 4.78 is 10.4. The number of hydrogen-bond acceptors (Lipinski definition) is 7. The van der Waals surface area contributed by atoms with E-state index in [0.717, 1.165) is 0 Å². The van der Waals surface area contributed by atoms with Crippen molar-refractivity contribution in [1.29, 1.82) is 0 Å². The lowest BCUT2D eigenvalue weighted by atomic mass is 9.78. The second-order valence-corrected chi connectivity index (χ2v) is 7.91. The number of alkyl carbamates (subject to hydrolysis) is 1. The van der Waals surface area contributed by atoms with E-state index in [1.807, 2.05) is 0 Å². The highest BCUT2D eigenvalue weighted by molar-refractivity contribution is 5.81. The normalized spacial score (nSPS) is 15.5. The van der Waals surface area contributed by atoms with Crippen molar-refractivity contribution < 1.29 is 39.2 Å². The Morgan fingerprint density at radius 1 is 1.07 bits per heavy atom. The average molecular weight is 411 g/mol. The van der Waals surface area contributed by atoms with E-state index in [1.54, 1.807) is 34.6 Å². The molecular formula is C20H29NO8. The van der Waals surface area contributed by atoms with Crippen LogP contribution < -0.4 is 5.32 Å². The van der Waals surface area contributed by atoms with E-state index in [0.29, 0.717) is 5.56 Å². The van der Waals surface area contributed by atoms with Gasteiger partial charge in [0.1, 0.15) is 17.7 Å².